The second-order valence-corrected chi connectivity index (χ2v) is 6.64. The number of hydrogen-bond acceptors (Lipinski definition) is 1. The van der Waals surface area contributed by atoms with Crippen LogP contribution in [0.25, 0.3) is 11.1 Å². The fourth-order valence-electron chi connectivity index (χ4n) is 2.19. The van der Waals surface area contributed by atoms with Gasteiger partial charge in [-0.2, -0.15) is 0 Å². The van der Waals surface area contributed by atoms with Crippen LogP contribution in [0.4, 0.5) is 4.39 Å². The fourth-order valence-corrected chi connectivity index (χ4v) is 2.66. The molecule has 0 heterocycles. The minimum absolute atomic E-state index is 0.123. The van der Waals surface area contributed by atoms with Gasteiger partial charge in [0.2, 0.25) is 0 Å². The van der Waals surface area contributed by atoms with Gasteiger partial charge in [0.25, 0.3) is 0 Å². The van der Waals surface area contributed by atoms with Gasteiger partial charge in [-0.15, -0.1) is 0 Å². The summed E-state index contributed by atoms with van der Waals surface area (Å²) < 4.78 is 14.9. The molecule has 1 N–H and O–H groups in total. The zero-order valence-corrected chi connectivity index (χ0v) is 14.6. The molecule has 2 aromatic carbocycles. The molecule has 2 rings (SSSR count). The summed E-state index contributed by atoms with van der Waals surface area (Å²) in [6.45, 7) is 7.02. The molecule has 0 radical (unpaired) electrons. The molecule has 0 aromatic heterocycles. The van der Waals surface area contributed by atoms with Crippen molar-refractivity contribution in [2.45, 2.75) is 33.4 Å². The fraction of sp³-hybridized carbons (Fsp3) is 0.294. The summed E-state index contributed by atoms with van der Waals surface area (Å²) >= 11 is 9.21. The van der Waals surface area contributed by atoms with Crippen molar-refractivity contribution in [3.8, 4) is 11.1 Å². The highest BCUT2D eigenvalue weighted by Gasteiger charge is 2.13. The van der Waals surface area contributed by atoms with Crippen molar-refractivity contribution in [3.63, 3.8) is 0 Å². The summed E-state index contributed by atoms with van der Waals surface area (Å²) in [5, 5.41) is 3.50. The molecule has 112 valence electrons. The Morgan fingerprint density at radius 1 is 1.19 bits per heavy atom. The second-order valence-electron chi connectivity index (χ2n) is 5.41. The lowest BCUT2D eigenvalue weighted by atomic mass is 9.98. The van der Waals surface area contributed by atoms with Gasteiger partial charge in [-0.25, -0.2) is 4.39 Å². The summed E-state index contributed by atoms with van der Waals surface area (Å²) in [7, 11) is 0. The molecule has 0 aliphatic heterocycles. The quantitative estimate of drug-likeness (QED) is 0.679. The van der Waals surface area contributed by atoms with Crippen LogP contribution in [-0.4, -0.2) is 6.04 Å². The minimum Gasteiger partial charge on any atom is -0.310 e. The van der Waals surface area contributed by atoms with E-state index in [0.717, 1.165) is 17.7 Å². The number of benzene rings is 2. The number of hydrogen-bond donors (Lipinski definition) is 1. The molecule has 0 fully saturated rings. The van der Waals surface area contributed by atoms with E-state index < -0.39 is 0 Å². The van der Waals surface area contributed by atoms with Gasteiger partial charge in [0.05, 0.1) is 5.02 Å². The van der Waals surface area contributed by atoms with Crippen LogP contribution in [0.5, 0.6) is 0 Å². The molecule has 0 saturated heterocycles. The third-order valence-electron chi connectivity index (χ3n) is 3.33. The van der Waals surface area contributed by atoms with Crippen LogP contribution in [0.3, 0.4) is 0 Å². The Kier molecular flexibility index (Phi) is 5.42. The molecule has 0 spiro atoms. The normalized spacial score (nSPS) is 11.2. The summed E-state index contributed by atoms with van der Waals surface area (Å²) in [4.78, 5) is 0. The van der Waals surface area contributed by atoms with E-state index in [-0.39, 0.29) is 10.8 Å². The molecule has 0 bridgehead atoms. The number of rotatable bonds is 4. The van der Waals surface area contributed by atoms with Crippen LogP contribution in [0.15, 0.2) is 34.8 Å². The Morgan fingerprint density at radius 3 is 2.48 bits per heavy atom. The Morgan fingerprint density at radius 2 is 1.86 bits per heavy atom. The third-order valence-corrected chi connectivity index (χ3v) is 4.59. The van der Waals surface area contributed by atoms with E-state index in [1.54, 1.807) is 12.1 Å². The Hall–Kier alpha value is -0.900. The van der Waals surface area contributed by atoms with Crippen molar-refractivity contribution < 1.29 is 4.39 Å². The smallest absolute Gasteiger partial charge is 0.150 e. The molecular weight excluding hydrogens is 353 g/mol. The lowest BCUT2D eigenvalue weighted by Crippen LogP contribution is -2.21. The highest BCUT2D eigenvalue weighted by Crippen LogP contribution is 2.34. The summed E-state index contributed by atoms with van der Waals surface area (Å²) in [6, 6.07) is 10.0. The first-order valence-corrected chi connectivity index (χ1v) is 8.04. The zero-order valence-electron chi connectivity index (χ0n) is 12.3. The molecule has 1 nitrogen and oxygen atoms in total. The van der Waals surface area contributed by atoms with Crippen molar-refractivity contribution in [2.24, 2.45) is 0 Å². The molecule has 0 amide bonds. The molecule has 2 aromatic rings. The first kappa shape index (κ1) is 16.5. The predicted octanol–water partition coefficient (Wildman–Crippen LogP) is 5.72. The number of halogens is 3. The number of aryl methyl sites for hydroxylation is 1. The maximum atomic E-state index is 14.3. The highest BCUT2D eigenvalue weighted by atomic mass is 79.9. The lowest BCUT2D eigenvalue weighted by molar-refractivity contribution is 0.588. The maximum Gasteiger partial charge on any atom is 0.150 e. The average molecular weight is 371 g/mol. The van der Waals surface area contributed by atoms with E-state index in [4.69, 9.17) is 11.6 Å². The van der Waals surface area contributed by atoms with Gasteiger partial charge in [-0.3, -0.25) is 0 Å². The molecule has 4 heteroatoms. The zero-order chi connectivity index (χ0) is 15.6. The predicted molar refractivity (Wildman–Crippen MR) is 91.3 cm³/mol. The Balaban J connectivity index is 2.35. The maximum absolute atomic E-state index is 14.3. The monoisotopic (exact) mass is 369 g/mol. The van der Waals surface area contributed by atoms with Crippen molar-refractivity contribution in [1.82, 2.24) is 5.32 Å². The van der Waals surface area contributed by atoms with Crippen LogP contribution in [-0.2, 0) is 6.54 Å². The van der Waals surface area contributed by atoms with E-state index in [0.29, 0.717) is 16.1 Å². The van der Waals surface area contributed by atoms with Crippen molar-refractivity contribution in [2.75, 3.05) is 0 Å². The summed E-state index contributed by atoms with van der Waals surface area (Å²) in [6.07, 6.45) is 0. The van der Waals surface area contributed by atoms with Gasteiger partial charge in [0.1, 0.15) is 0 Å². The highest BCUT2D eigenvalue weighted by molar-refractivity contribution is 9.10. The van der Waals surface area contributed by atoms with Crippen LogP contribution >= 0.6 is 27.5 Å². The molecule has 0 atom stereocenters. The van der Waals surface area contributed by atoms with E-state index in [9.17, 15) is 4.39 Å². The summed E-state index contributed by atoms with van der Waals surface area (Å²) in [5.74, 6) is -0.387. The van der Waals surface area contributed by atoms with Gasteiger partial charge >= 0.3 is 0 Å². The van der Waals surface area contributed by atoms with E-state index in [1.807, 2.05) is 19.1 Å². The van der Waals surface area contributed by atoms with Crippen LogP contribution in [0.2, 0.25) is 5.02 Å². The SMILES string of the molecule is Cc1cc(CNC(C)C)ccc1-c1ccc(Br)c(Cl)c1F. The van der Waals surface area contributed by atoms with Crippen LogP contribution < -0.4 is 5.32 Å². The molecule has 0 saturated carbocycles. The first-order valence-electron chi connectivity index (χ1n) is 6.87. The van der Waals surface area contributed by atoms with E-state index in [1.165, 1.54) is 5.56 Å². The van der Waals surface area contributed by atoms with Gasteiger partial charge < -0.3 is 5.32 Å². The second kappa shape index (κ2) is 6.91. The van der Waals surface area contributed by atoms with E-state index in [2.05, 4.69) is 41.2 Å². The summed E-state index contributed by atoms with van der Waals surface area (Å²) in [5.41, 5.74) is 3.63. The van der Waals surface area contributed by atoms with Crippen LogP contribution in [0.1, 0.15) is 25.0 Å². The molecule has 21 heavy (non-hydrogen) atoms. The first-order chi connectivity index (χ1) is 9.90. The molecule has 0 unspecified atom stereocenters. The number of nitrogens with one attached hydrogen (secondary N) is 1. The molecular formula is C17H18BrClFN. The standard InChI is InChI=1S/C17H18BrClFN/c1-10(2)21-9-12-4-5-13(11(3)8-12)14-6-7-15(18)16(19)17(14)20/h4-8,10,21H,9H2,1-3H3. The third kappa shape index (κ3) is 3.85. The largest absolute Gasteiger partial charge is 0.310 e. The van der Waals surface area contributed by atoms with E-state index >= 15 is 0 Å². The van der Waals surface area contributed by atoms with Crippen molar-refractivity contribution in [3.05, 3.63) is 56.8 Å². The van der Waals surface area contributed by atoms with Crippen molar-refractivity contribution >= 4 is 27.5 Å². The van der Waals surface area contributed by atoms with Gasteiger partial charge in [-0.1, -0.05) is 49.7 Å². The average Bonchev–Trinajstić information content (AvgIpc) is 2.44. The topological polar surface area (TPSA) is 12.0 Å². The van der Waals surface area contributed by atoms with Gasteiger partial charge in [0.15, 0.2) is 5.82 Å². The van der Waals surface area contributed by atoms with Gasteiger partial charge in [0, 0.05) is 22.6 Å². The molecule has 0 aliphatic rings. The molecule has 0 aliphatic carbocycles. The lowest BCUT2D eigenvalue weighted by Gasteiger charge is -2.13. The van der Waals surface area contributed by atoms with Crippen LogP contribution in [0, 0.1) is 12.7 Å². The van der Waals surface area contributed by atoms with Gasteiger partial charge in [-0.05, 0) is 45.6 Å². The Labute approximate surface area is 138 Å². The minimum atomic E-state index is -0.387. The Bertz CT molecular complexity index is 655. The van der Waals surface area contributed by atoms with Crippen molar-refractivity contribution in [1.29, 1.82) is 0 Å².